The van der Waals surface area contributed by atoms with Gasteiger partial charge in [0, 0.05) is 33.5 Å². The van der Waals surface area contributed by atoms with Crippen molar-refractivity contribution in [3.63, 3.8) is 0 Å². The molecule has 1 aromatic carbocycles. The second-order valence-electron chi connectivity index (χ2n) is 7.36. The molecule has 0 aliphatic carbocycles. The van der Waals surface area contributed by atoms with E-state index in [0.29, 0.717) is 27.1 Å². The molecule has 3 aromatic heterocycles. The maximum absolute atomic E-state index is 9.94. The van der Waals surface area contributed by atoms with Gasteiger partial charge < -0.3 is 10.8 Å². The number of hydrogen-bond donors (Lipinski definition) is 2. The number of halogens is 1. The molecule has 0 aliphatic heterocycles. The van der Waals surface area contributed by atoms with E-state index in [1.165, 1.54) is 23.1 Å². The van der Waals surface area contributed by atoms with E-state index < -0.39 is 6.10 Å². The predicted molar refractivity (Wildman–Crippen MR) is 133 cm³/mol. The van der Waals surface area contributed by atoms with E-state index in [1.54, 1.807) is 23.9 Å². The van der Waals surface area contributed by atoms with Gasteiger partial charge in [0.15, 0.2) is 0 Å². The van der Waals surface area contributed by atoms with Crippen molar-refractivity contribution in [2.75, 3.05) is 5.73 Å². The molecule has 4 rings (SSSR count). The summed E-state index contributed by atoms with van der Waals surface area (Å²) in [5.74, 6) is 0.497. The summed E-state index contributed by atoms with van der Waals surface area (Å²) < 4.78 is 1.55. The zero-order chi connectivity index (χ0) is 24.2. The number of thioether (sulfide) groups is 1. The Hall–Kier alpha value is -3.41. The second-order valence-corrected chi connectivity index (χ2v) is 9.62. The molecule has 8 nitrogen and oxygen atoms in total. The number of nitriles is 2. The van der Waals surface area contributed by atoms with E-state index in [9.17, 15) is 15.6 Å². The molecule has 3 heterocycles. The first-order valence-electron chi connectivity index (χ1n) is 10.1. The summed E-state index contributed by atoms with van der Waals surface area (Å²) in [6.07, 6.45) is 1.09. The van der Waals surface area contributed by atoms with Crippen molar-refractivity contribution in [2.24, 2.45) is 0 Å². The van der Waals surface area contributed by atoms with Crippen LogP contribution in [0, 0.1) is 22.7 Å². The lowest BCUT2D eigenvalue weighted by molar-refractivity contribution is 0.168. The van der Waals surface area contributed by atoms with Gasteiger partial charge in [-0.3, -0.25) is 4.68 Å². The molecule has 0 saturated heterocycles. The maximum atomic E-state index is 9.94. The third-order valence-corrected chi connectivity index (χ3v) is 6.96. The van der Waals surface area contributed by atoms with Crippen molar-refractivity contribution in [2.45, 2.75) is 30.4 Å². The Balaban J connectivity index is 1.64. The standard InChI is InChI=1S/C23H18ClN7OS2/c1-13(32)10-31-7-6-19(30-31)20-17(8-25)21(27)29-23(18(20)9-26)34-12-16-11-33-22(28-16)14-2-4-15(24)5-3-14/h2-7,11,13,32H,10,12H2,1H3,(H2,27,29). The van der Waals surface area contributed by atoms with Gasteiger partial charge in [-0.05, 0) is 25.1 Å². The highest BCUT2D eigenvalue weighted by atomic mass is 35.5. The number of pyridine rings is 1. The molecule has 4 aromatic rings. The highest BCUT2D eigenvalue weighted by Crippen LogP contribution is 2.36. The predicted octanol–water partition coefficient (Wildman–Crippen LogP) is 4.72. The molecule has 0 bridgehead atoms. The number of nitrogens with zero attached hydrogens (tertiary/aromatic N) is 6. The highest BCUT2D eigenvalue weighted by Gasteiger charge is 2.22. The van der Waals surface area contributed by atoms with Gasteiger partial charge in [0.05, 0.1) is 29.6 Å². The molecule has 0 spiro atoms. The van der Waals surface area contributed by atoms with E-state index in [0.717, 1.165) is 16.3 Å². The van der Waals surface area contributed by atoms with Crippen LogP contribution in [0.1, 0.15) is 23.7 Å². The smallest absolute Gasteiger partial charge is 0.143 e. The monoisotopic (exact) mass is 507 g/mol. The fourth-order valence-corrected chi connectivity index (χ4v) is 5.21. The minimum absolute atomic E-state index is 0.0317. The summed E-state index contributed by atoms with van der Waals surface area (Å²) in [4.78, 5) is 9.00. The number of aromatic nitrogens is 4. The van der Waals surface area contributed by atoms with Crippen molar-refractivity contribution in [1.82, 2.24) is 19.7 Å². The van der Waals surface area contributed by atoms with Gasteiger partial charge in [-0.2, -0.15) is 15.6 Å². The van der Waals surface area contributed by atoms with Crippen LogP contribution in [0.15, 0.2) is 46.9 Å². The van der Waals surface area contributed by atoms with Crippen LogP contribution in [0.5, 0.6) is 0 Å². The van der Waals surface area contributed by atoms with Crippen molar-refractivity contribution >= 4 is 40.5 Å². The Morgan fingerprint density at radius 1 is 1.18 bits per heavy atom. The third kappa shape index (κ3) is 5.06. The zero-order valence-electron chi connectivity index (χ0n) is 17.9. The first-order valence-corrected chi connectivity index (χ1v) is 12.3. The molecule has 3 N–H and O–H groups in total. The number of benzene rings is 1. The Morgan fingerprint density at radius 3 is 2.59 bits per heavy atom. The molecule has 1 atom stereocenters. The molecule has 11 heteroatoms. The van der Waals surface area contributed by atoms with Gasteiger partial charge in [0.2, 0.25) is 0 Å². The third-order valence-electron chi connectivity index (χ3n) is 4.76. The Morgan fingerprint density at radius 2 is 1.91 bits per heavy atom. The summed E-state index contributed by atoms with van der Waals surface area (Å²) in [6.45, 7) is 1.94. The molecule has 0 fully saturated rings. The van der Waals surface area contributed by atoms with Crippen molar-refractivity contribution in [3.8, 4) is 34.0 Å². The van der Waals surface area contributed by atoms with E-state index in [4.69, 9.17) is 17.3 Å². The van der Waals surface area contributed by atoms with Gasteiger partial charge >= 0.3 is 0 Å². The van der Waals surface area contributed by atoms with E-state index in [2.05, 4.69) is 21.1 Å². The summed E-state index contributed by atoms with van der Waals surface area (Å²) in [7, 11) is 0. The normalized spacial score (nSPS) is 11.7. The number of hydrogen-bond acceptors (Lipinski definition) is 9. The van der Waals surface area contributed by atoms with Gasteiger partial charge in [0.1, 0.15) is 33.6 Å². The number of nitrogens with two attached hydrogens (primary N) is 1. The maximum Gasteiger partial charge on any atom is 0.143 e. The molecule has 0 amide bonds. The summed E-state index contributed by atoms with van der Waals surface area (Å²) in [6, 6.07) is 13.4. The quantitative estimate of drug-likeness (QED) is 0.343. The number of aliphatic hydroxyl groups excluding tert-OH is 1. The number of aliphatic hydroxyl groups is 1. The Labute approximate surface area is 209 Å². The minimum Gasteiger partial charge on any atom is -0.391 e. The van der Waals surface area contributed by atoms with Crippen molar-refractivity contribution in [1.29, 1.82) is 10.5 Å². The van der Waals surface area contributed by atoms with Gasteiger partial charge in [-0.25, -0.2) is 9.97 Å². The van der Waals surface area contributed by atoms with Gasteiger partial charge in [-0.1, -0.05) is 35.5 Å². The minimum atomic E-state index is -0.594. The molecule has 0 aliphatic rings. The number of nitrogen functional groups attached to an aromatic ring is 1. The van der Waals surface area contributed by atoms with Crippen LogP contribution in [-0.2, 0) is 12.3 Å². The van der Waals surface area contributed by atoms with E-state index in [1.807, 2.05) is 35.7 Å². The van der Waals surface area contributed by atoms with Crippen molar-refractivity contribution < 1.29 is 5.11 Å². The lowest BCUT2D eigenvalue weighted by Gasteiger charge is -2.11. The van der Waals surface area contributed by atoms with Crippen LogP contribution in [-0.4, -0.2) is 31.0 Å². The molecular formula is C23H18ClN7OS2. The SMILES string of the molecule is CC(O)Cn1ccc(-c2c(C#N)c(N)nc(SCc3csc(-c4ccc(Cl)cc4)n3)c2C#N)n1. The lowest BCUT2D eigenvalue weighted by atomic mass is 10.0. The van der Waals surface area contributed by atoms with Crippen LogP contribution < -0.4 is 5.73 Å². The number of rotatable bonds is 7. The molecule has 170 valence electrons. The Bertz CT molecular complexity index is 1410. The van der Waals surface area contributed by atoms with E-state index in [-0.39, 0.29) is 23.5 Å². The number of thiazole rings is 1. The summed E-state index contributed by atoms with van der Waals surface area (Å²) in [5, 5.41) is 37.6. The molecule has 0 saturated carbocycles. The fraction of sp³-hybridized carbons (Fsp3) is 0.174. The first kappa shape index (κ1) is 23.7. The molecule has 34 heavy (non-hydrogen) atoms. The van der Waals surface area contributed by atoms with E-state index >= 15 is 0 Å². The largest absolute Gasteiger partial charge is 0.391 e. The van der Waals surface area contributed by atoms with Crippen LogP contribution in [0.2, 0.25) is 5.02 Å². The molecule has 0 radical (unpaired) electrons. The summed E-state index contributed by atoms with van der Waals surface area (Å²) in [5.41, 5.74) is 8.97. The Kier molecular flexibility index (Phi) is 7.15. The van der Waals surface area contributed by atoms with Crippen LogP contribution in [0.4, 0.5) is 5.82 Å². The second kappa shape index (κ2) is 10.2. The van der Waals surface area contributed by atoms with Gasteiger partial charge in [-0.15, -0.1) is 11.3 Å². The average Bonchev–Trinajstić information content (AvgIpc) is 3.47. The first-order chi connectivity index (χ1) is 16.4. The van der Waals surface area contributed by atoms with Crippen LogP contribution >= 0.6 is 34.7 Å². The molecular weight excluding hydrogens is 490 g/mol. The zero-order valence-corrected chi connectivity index (χ0v) is 20.3. The number of anilines is 1. The average molecular weight is 508 g/mol. The van der Waals surface area contributed by atoms with Crippen molar-refractivity contribution in [3.05, 3.63) is 63.8 Å². The van der Waals surface area contributed by atoms with Crippen LogP contribution in [0.25, 0.3) is 21.8 Å². The van der Waals surface area contributed by atoms with Gasteiger partial charge in [0.25, 0.3) is 0 Å². The summed E-state index contributed by atoms with van der Waals surface area (Å²) >= 11 is 8.80. The lowest BCUT2D eigenvalue weighted by Crippen LogP contribution is -2.12. The highest BCUT2D eigenvalue weighted by molar-refractivity contribution is 7.98. The molecule has 1 unspecified atom stereocenters. The fourth-order valence-electron chi connectivity index (χ4n) is 3.27. The van der Waals surface area contributed by atoms with Crippen LogP contribution in [0.3, 0.4) is 0 Å². The topological polar surface area (TPSA) is 137 Å².